The Labute approximate surface area is 63.4 Å². The summed E-state index contributed by atoms with van der Waals surface area (Å²) in [5.74, 6) is -2.51. The van der Waals surface area contributed by atoms with E-state index in [1.165, 1.54) is 12.2 Å². The first-order valence-electron chi connectivity index (χ1n) is 2.89. The predicted octanol–water partition coefficient (Wildman–Crippen LogP) is 1.52. The van der Waals surface area contributed by atoms with E-state index in [1.807, 2.05) is 0 Å². The average Bonchev–Trinajstić information content (AvgIpc) is 1.86. The number of carboxylic acids is 1. The Morgan fingerprint density at radius 1 is 1.64 bits per heavy atom. The van der Waals surface area contributed by atoms with Crippen molar-refractivity contribution in [2.24, 2.45) is 0 Å². The van der Waals surface area contributed by atoms with E-state index in [4.69, 9.17) is 10.5 Å². The van der Waals surface area contributed by atoms with Gasteiger partial charge in [0, 0.05) is 6.08 Å². The molecule has 0 saturated carbocycles. The molecule has 3 nitrogen and oxygen atoms in total. The Morgan fingerprint density at radius 3 is 2.45 bits per heavy atom. The van der Waals surface area contributed by atoms with Crippen LogP contribution in [0.1, 0.15) is 6.92 Å². The number of hydrogen-bond acceptors (Lipinski definition) is 2. The zero-order chi connectivity index (χ0) is 8.85. The summed E-state index contributed by atoms with van der Waals surface area (Å²) in [6, 6.07) is 0. The number of halogens is 1. The molecule has 0 saturated heterocycles. The van der Waals surface area contributed by atoms with Crippen LogP contribution in [0.25, 0.3) is 0 Å². The Kier molecular flexibility index (Phi) is 3.80. The normalized spacial score (nSPS) is 12.0. The van der Waals surface area contributed by atoms with Gasteiger partial charge >= 0.3 is 5.97 Å². The van der Waals surface area contributed by atoms with Crippen LogP contribution in [0.2, 0.25) is 0 Å². The Bertz CT molecular complexity index is 231. The number of nitrogens with one attached hydrogen (secondary N) is 1. The van der Waals surface area contributed by atoms with E-state index in [9.17, 15) is 9.18 Å². The summed E-state index contributed by atoms with van der Waals surface area (Å²) in [5.41, 5.74) is -0.236. The minimum absolute atomic E-state index is 0.236. The Balaban J connectivity index is 4.59. The molecular weight excluding hydrogens is 149 g/mol. The van der Waals surface area contributed by atoms with Crippen molar-refractivity contribution >= 4 is 11.9 Å². The van der Waals surface area contributed by atoms with Gasteiger partial charge in [0.05, 0.1) is 5.57 Å². The first-order valence-corrected chi connectivity index (χ1v) is 2.89. The van der Waals surface area contributed by atoms with Crippen molar-refractivity contribution in [3.63, 3.8) is 0 Å². The predicted molar refractivity (Wildman–Crippen MR) is 39.4 cm³/mol. The molecule has 0 spiro atoms. The molecule has 0 aliphatic carbocycles. The van der Waals surface area contributed by atoms with Gasteiger partial charge in [-0.1, -0.05) is 12.2 Å². The molecule has 0 aromatic rings. The maximum absolute atomic E-state index is 11.8. The van der Waals surface area contributed by atoms with Crippen LogP contribution in [-0.4, -0.2) is 17.0 Å². The van der Waals surface area contributed by atoms with Gasteiger partial charge < -0.3 is 5.11 Å². The number of carbonyl (C=O) groups is 1. The molecular formula is C7H8FNO2. The summed E-state index contributed by atoms with van der Waals surface area (Å²) in [4.78, 5) is 10.2. The van der Waals surface area contributed by atoms with E-state index < -0.39 is 11.9 Å². The standard InChI is InChI=1S/C7H8FNO2/c1-2-3-5(7(10)11)4-6(8)9/h2-4,9H,1H3,(H,10,11)/b3-2-,5-4+,9-6?. The largest absolute Gasteiger partial charge is 0.478 e. The molecule has 0 aromatic carbocycles. The fourth-order valence-electron chi connectivity index (χ4n) is 0.497. The highest BCUT2D eigenvalue weighted by Gasteiger charge is 2.02. The second-order valence-electron chi connectivity index (χ2n) is 1.75. The molecule has 0 amide bonds. The lowest BCUT2D eigenvalue weighted by molar-refractivity contribution is -0.132. The average molecular weight is 157 g/mol. The molecule has 2 N–H and O–H groups in total. The van der Waals surface area contributed by atoms with Gasteiger partial charge in [-0.3, -0.25) is 5.41 Å². The second-order valence-corrected chi connectivity index (χ2v) is 1.75. The van der Waals surface area contributed by atoms with Crippen molar-refractivity contribution in [3.05, 3.63) is 23.8 Å². The lowest BCUT2D eigenvalue weighted by Gasteiger charge is -1.90. The molecule has 0 fully saturated rings. The van der Waals surface area contributed by atoms with E-state index >= 15 is 0 Å². The minimum atomic E-state index is -1.26. The van der Waals surface area contributed by atoms with Gasteiger partial charge in [0.1, 0.15) is 0 Å². The molecule has 0 aliphatic rings. The fraction of sp³-hybridized carbons (Fsp3) is 0.143. The van der Waals surface area contributed by atoms with Gasteiger partial charge in [-0.15, -0.1) is 0 Å². The van der Waals surface area contributed by atoms with Crippen molar-refractivity contribution in [1.29, 1.82) is 5.41 Å². The van der Waals surface area contributed by atoms with Crippen LogP contribution in [0.4, 0.5) is 4.39 Å². The van der Waals surface area contributed by atoms with Crippen molar-refractivity contribution < 1.29 is 14.3 Å². The van der Waals surface area contributed by atoms with Gasteiger partial charge in [-0.05, 0) is 6.92 Å². The third kappa shape index (κ3) is 4.02. The maximum atomic E-state index is 11.8. The zero-order valence-electron chi connectivity index (χ0n) is 5.97. The van der Waals surface area contributed by atoms with Crippen LogP contribution in [0.5, 0.6) is 0 Å². The fourth-order valence-corrected chi connectivity index (χ4v) is 0.497. The van der Waals surface area contributed by atoms with Gasteiger partial charge in [0.2, 0.25) is 5.97 Å². The van der Waals surface area contributed by atoms with Crippen LogP contribution in [0, 0.1) is 5.41 Å². The number of carboxylic acid groups (broad SMARTS) is 1. The Hall–Kier alpha value is -1.45. The number of allylic oxidation sites excluding steroid dienone is 2. The first-order chi connectivity index (χ1) is 5.07. The maximum Gasteiger partial charge on any atom is 0.335 e. The molecule has 0 aliphatic heterocycles. The number of rotatable bonds is 3. The highest BCUT2D eigenvalue weighted by Crippen LogP contribution is 1.97. The molecule has 0 atom stereocenters. The summed E-state index contributed by atoms with van der Waals surface area (Å²) in [6.07, 6.45) is 3.32. The van der Waals surface area contributed by atoms with Crippen LogP contribution in [-0.2, 0) is 4.79 Å². The molecule has 0 bridgehead atoms. The van der Waals surface area contributed by atoms with Crippen molar-refractivity contribution in [2.75, 3.05) is 0 Å². The summed E-state index contributed by atoms with van der Waals surface area (Å²) in [6.45, 7) is 1.61. The van der Waals surface area contributed by atoms with E-state index in [0.717, 1.165) is 0 Å². The van der Waals surface area contributed by atoms with Crippen molar-refractivity contribution in [1.82, 2.24) is 0 Å². The zero-order valence-corrected chi connectivity index (χ0v) is 5.97. The highest BCUT2D eigenvalue weighted by molar-refractivity contribution is 5.98. The molecule has 0 heterocycles. The number of hydrogen-bond donors (Lipinski definition) is 2. The second kappa shape index (κ2) is 4.38. The number of aliphatic carboxylic acids is 1. The van der Waals surface area contributed by atoms with Gasteiger partial charge in [0.25, 0.3) is 0 Å². The molecule has 60 valence electrons. The lowest BCUT2D eigenvalue weighted by atomic mass is 10.2. The van der Waals surface area contributed by atoms with Crippen LogP contribution in [0.15, 0.2) is 23.8 Å². The monoisotopic (exact) mass is 157 g/mol. The molecule has 0 aromatic heterocycles. The van der Waals surface area contributed by atoms with Gasteiger partial charge in [0.15, 0.2) is 0 Å². The van der Waals surface area contributed by atoms with Gasteiger partial charge in [-0.25, -0.2) is 4.79 Å². The van der Waals surface area contributed by atoms with Crippen LogP contribution < -0.4 is 0 Å². The van der Waals surface area contributed by atoms with E-state index in [1.54, 1.807) is 6.92 Å². The smallest absolute Gasteiger partial charge is 0.335 e. The minimum Gasteiger partial charge on any atom is -0.478 e. The molecule has 0 radical (unpaired) electrons. The van der Waals surface area contributed by atoms with Gasteiger partial charge in [-0.2, -0.15) is 4.39 Å². The first kappa shape index (κ1) is 9.55. The topological polar surface area (TPSA) is 61.2 Å². The summed E-state index contributed by atoms with van der Waals surface area (Å²) in [7, 11) is 0. The lowest BCUT2D eigenvalue weighted by Crippen LogP contribution is -1.99. The van der Waals surface area contributed by atoms with Crippen molar-refractivity contribution in [3.8, 4) is 0 Å². The van der Waals surface area contributed by atoms with E-state index in [-0.39, 0.29) is 5.57 Å². The van der Waals surface area contributed by atoms with E-state index in [2.05, 4.69) is 0 Å². The molecule has 11 heavy (non-hydrogen) atoms. The Morgan fingerprint density at radius 2 is 2.18 bits per heavy atom. The van der Waals surface area contributed by atoms with Crippen molar-refractivity contribution in [2.45, 2.75) is 6.92 Å². The molecule has 0 unspecified atom stereocenters. The molecule has 0 rings (SSSR count). The summed E-state index contributed by atoms with van der Waals surface area (Å²) < 4.78 is 11.8. The van der Waals surface area contributed by atoms with E-state index in [0.29, 0.717) is 6.08 Å². The summed E-state index contributed by atoms with van der Waals surface area (Å²) in [5, 5.41) is 14.7. The van der Waals surface area contributed by atoms with Crippen LogP contribution >= 0.6 is 0 Å². The quantitative estimate of drug-likeness (QED) is 0.370. The van der Waals surface area contributed by atoms with Crippen LogP contribution in [0.3, 0.4) is 0 Å². The SMILES string of the molecule is C/C=C\C(=C/C(=N)F)C(=O)O. The third-order valence-electron chi connectivity index (χ3n) is 0.875. The molecule has 4 heteroatoms. The highest BCUT2D eigenvalue weighted by atomic mass is 19.1. The third-order valence-corrected chi connectivity index (χ3v) is 0.875. The summed E-state index contributed by atoms with van der Waals surface area (Å²) >= 11 is 0.